The number of halogens is 2. The fourth-order valence-electron chi connectivity index (χ4n) is 1.25. The first-order valence-corrected chi connectivity index (χ1v) is 7.09. The van der Waals surface area contributed by atoms with E-state index in [9.17, 15) is 0 Å². The van der Waals surface area contributed by atoms with Crippen molar-refractivity contribution in [2.45, 2.75) is 19.8 Å². The maximum Gasteiger partial charge on any atom is 0.298 e. The van der Waals surface area contributed by atoms with Crippen LogP contribution in [0.3, 0.4) is 0 Å². The van der Waals surface area contributed by atoms with E-state index in [0.717, 1.165) is 23.1 Å². The van der Waals surface area contributed by atoms with Gasteiger partial charge >= 0.3 is 0 Å². The van der Waals surface area contributed by atoms with Gasteiger partial charge in [-0.1, -0.05) is 34.5 Å². The second kappa shape index (κ2) is 5.80. The van der Waals surface area contributed by atoms with Crippen LogP contribution in [0.1, 0.15) is 19.2 Å². The van der Waals surface area contributed by atoms with Gasteiger partial charge in [0.05, 0.1) is 5.02 Å². The maximum atomic E-state index is 6.02. The van der Waals surface area contributed by atoms with Crippen molar-refractivity contribution in [1.29, 1.82) is 0 Å². The molecule has 2 rings (SSSR count). The minimum atomic E-state index is 0.522. The molecule has 0 spiro atoms. The predicted molar refractivity (Wildman–Crippen MR) is 73.1 cm³/mol. The van der Waals surface area contributed by atoms with Crippen LogP contribution < -0.4 is 4.74 Å². The number of benzene rings is 1. The molecular weight excluding hydrogens is 324 g/mol. The number of ether oxygens (including phenoxy) is 1. The van der Waals surface area contributed by atoms with Gasteiger partial charge in [-0.15, -0.1) is 0 Å². The van der Waals surface area contributed by atoms with E-state index >= 15 is 0 Å². The van der Waals surface area contributed by atoms with Crippen molar-refractivity contribution in [2.24, 2.45) is 0 Å². The quantitative estimate of drug-likeness (QED) is 0.813. The molecule has 0 fully saturated rings. The molecular formula is C11H10BrClN2OS. The lowest BCUT2D eigenvalue weighted by atomic mass is 10.3. The number of aromatic nitrogens is 2. The van der Waals surface area contributed by atoms with Crippen molar-refractivity contribution < 1.29 is 4.74 Å². The van der Waals surface area contributed by atoms with E-state index in [4.69, 9.17) is 16.3 Å². The molecule has 6 heteroatoms. The highest BCUT2D eigenvalue weighted by atomic mass is 79.9. The molecule has 0 unspecified atom stereocenters. The number of hydrogen-bond acceptors (Lipinski definition) is 4. The summed E-state index contributed by atoms with van der Waals surface area (Å²) in [5, 5.41) is 1.08. The van der Waals surface area contributed by atoms with Gasteiger partial charge in [0.1, 0.15) is 11.6 Å². The van der Waals surface area contributed by atoms with Crippen LogP contribution in [0.15, 0.2) is 22.7 Å². The Bertz CT molecular complexity index is 518. The largest absolute Gasteiger partial charge is 0.428 e. The van der Waals surface area contributed by atoms with Crippen LogP contribution in [0.5, 0.6) is 10.9 Å². The molecule has 0 N–H and O–H groups in total. The summed E-state index contributed by atoms with van der Waals surface area (Å²) in [5.74, 6) is 1.40. The van der Waals surface area contributed by atoms with E-state index in [1.54, 1.807) is 6.07 Å². The smallest absolute Gasteiger partial charge is 0.298 e. The third-order valence-corrected chi connectivity index (χ3v) is 3.45. The Labute approximate surface area is 117 Å². The topological polar surface area (TPSA) is 35.0 Å². The first-order chi connectivity index (χ1) is 8.19. The fraction of sp³-hybridized carbons (Fsp3) is 0.273. The van der Waals surface area contributed by atoms with Crippen molar-refractivity contribution in [2.75, 3.05) is 0 Å². The number of hydrogen-bond donors (Lipinski definition) is 0. The lowest BCUT2D eigenvalue weighted by molar-refractivity contribution is 0.477. The lowest BCUT2D eigenvalue weighted by Gasteiger charge is -2.03. The molecule has 3 nitrogen and oxygen atoms in total. The van der Waals surface area contributed by atoms with E-state index in [1.165, 1.54) is 11.5 Å². The molecule has 0 aliphatic carbocycles. The Balaban J connectivity index is 2.16. The Morgan fingerprint density at radius 3 is 3.06 bits per heavy atom. The standard InChI is InChI=1S/C11H10BrClN2OS/c1-2-3-10-14-11(17-15-10)16-9-6-7(12)4-5-8(9)13/h4-6H,2-3H2,1H3. The van der Waals surface area contributed by atoms with Crippen LogP contribution in [-0.4, -0.2) is 9.36 Å². The van der Waals surface area contributed by atoms with Crippen LogP contribution >= 0.6 is 39.1 Å². The molecule has 0 atom stereocenters. The zero-order chi connectivity index (χ0) is 12.3. The Kier molecular flexibility index (Phi) is 4.36. The summed E-state index contributed by atoms with van der Waals surface area (Å²) in [6.45, 7) is 2.09. The molecule has 1 heterocycles. The third-order valence-electron chi connectivity index (χ3n) is 2.01. The average molecular weight is 334 g/mol. The van der Waals surface area contributed by atoms with Crippen LogP contribution in [0.2, 0.25) is 5.02 Å². The Morgan fingerprint density at radius 2 is 2.29 bits per heavy atom. The molecule has 0 saturated carbocycles. The van der Waals surface area contributed by atoms with Gasteiger partial charge in [0, 0.05) is 22.4 Å². The molecule has 0 radical (unpaired) electrons. The normalized spacial score (nSPS) is 10.5. The summed E-state index contributed by atoms with van der Waals surface area (Å²) in [7, 11) is 0. The van der Waals surface area contributed by atoms with Crippen molar-refractivity contribution in [3.63, 3.8) is 0 Å². The van der Waals surface area contributed by atoms with Gasteiger partial charge < -0.3 is 4.74 Å². The first kappa shape index (κ1) is 12.8. The van der Waals surface area contributed by atoms with Crippen LogP contribution in [-0.2, 0) is 6.42 Å². The Hall–Kier alpha value is -0.650. The van der Waals surface area contributed by atoms with Crippen LogP contribution in [0, 0.1) is 0 Å². The maximum absolute atomic E-state index is 6.02. The summed E-state index contributed by atoms with van der Waals surface area (Å²) < 4.78 is 10.7. The second-order valence-corrected chi connectivity index (χ2v) is 5.44. The molecule has 0 bridgehead atoms. The van der Waals surface area contributed by atoms with Gasteiger partial charge in [-0.05, 0) is 24.6 Å². The van der Waals surface area contributed by atoms with E-state index in [-0.39, 0.29) is 0 Å². The summed E-state index contributed by atoms with van der Waals surface area (Å²) in [6, 6.07) is 5.44. The van der Waals surface area contributed by atoms with E-state index < -0.39 is 0 Å². The molecule has 2 aromatic rings. The van der Waals surface area contributed by atoms with E-state index in [2.05, 4.69) is 32.2 Å². The predicted octanol–water partition coefficient (Wildman–Crippen LogP) is 4.70. The monoisotopic (exact) mass is 332 g/mol. The van der Waals surface area contributed by atoms with Gasteiger partial charge in [0.15, 0.2) is 0 Å². The zero-order valence-electron chi connectivity index (χ0n) is 9.11. The molecule has 90 valence electrons. The highest BCUT2D eigenvalue weighted by Gasteiger charge is 2.08. The van der Waals surface area contributed by atoms with Crippen molar-refractivity contribution >= 4 is 39.1 Å². The van der Waals surface area contributed by atoms with Gasteiger partial charge in [0.25, 0.3) is 5.19 Å². The number of rotatable bonds is 4. The van der Waals surface area contributed by atoms with Crippen LogP contribution in [0.25, 0.3) is 0 Å². The van der Waals surface area contributed by atoms with Crippen molar-refractivity contribution in [1.82, 2.24) is 9.36 Å². The number of aryl methyl sites for hydroxylation is 1. The molecule has 0 amide bonds. The summed E-state index contributed by atoms with van der Waals surface area (Å²) in [5.41, 5.74) is 0. The van der Waals surface area contributed by atoms with Gasteiger partial charge in [-0.25, -0.2) is 0 Å². The average Bonchev–Trinajstić information content (AvgIpc) is 2.72. The SMILES string of the molecule is CCCc1nsc(Oc2cc(Br)ccc2Cl)n1. The zero-order valence-corrected chi connectivity index (χ0v) is 12.3. The van der Waals surface area contributed by atoms with E-state index in [0.29, 0.717) is 16.0 Å². The van der Waals surface area contributed by atoms with E-state index in [1.807, 2.05) is 12.1 Å². The first-order valence-electron chi connectivity index (χ1n) is 5.14. The second-order valence-electron chi connectivity index (χ2n) is 3.40. The molecule has 1 aromatic heterocycles. The van der Waals surface area contributed by atoms with Gasteiger partial charge in [0.2, 0.25) is 0 Å². The minimum absolute atomic E-state index is 0.522. The molecule has 0 saturated heterocycles. The summed E-state index contributed by atoms with van der Waals surface area (Å²) in [6.07, 6.45) is 1.89. The highest BCUT2D eigenvalue weighted by Crippen LogP contribution is 2.32. The highest BCUT2D eigenvalue weighted by molar-refractivity contribution is 9.10. The molecule has 17 heavy (non-hydrogen) atoms. The number of nitrogens with zero attached hydrogens (tertiary/aromatic N) is 2. The summed E-state index contributed by atoms with van der Waals surface area (Å²) >= 11 is 10.6. The lowest BCUT2D eigenvalue weighted by Crippen LogP contribution is -1.87. The Morgan fingerprint density at radius 1 is 1.47 bits per heavy atom. The fourth-order valence-corrected chi connectivity index (χ4v) is 2.34. The van der Waals surface area contributed by atoms with Crippen molar-refractivity contribution in [3.8, 4) is 10.9 Å². The summed E-state index contributed by atoms with van der Waals surface area (Å²) in [4.78, 5) is 4.28. The molecule has 1 aromatic carbocycles. The van der Waals surface area contributed by atoms with Crippen LogP contribution in [0.4, 0.5) is 0 Å². The molecule has 0 aliphatic rings. The molecule has 0 aliphatic heterocycles. The van der Waals surface area contributed by atoms with Gasteiger partial charge in [-0.2, -0.15) is 9.36 Å². The minimum Gasteiger partial charge on any atom is -0.428 e. The van der Waals surface area contributed by atoms with Crippen molar-refractivity contribution in [3.05, 3.63) is 33.5 Å². The van der Waals surface area contributed by atoms with Gasteiger partial charge in [-0.3, -0.25) is 0 Å². The third kappa shape index (κ3) is 3.40.